The van der Waals surface area contributed by atoms with Crippen LogP contribution in [0.3, 0.4) is 0 Å². The monoisotopic (exact) mass is 711 g/mol. The van der Waals surface area contributed by atoms with Crippen molar-refractivity contribution in [3.63, 3.8) is 0 Å². The molecule has 0 aliphatic heterocycles. The first-order valence-corrected chi connectivity index (χ1v) is 19.7. The highest BCUT2D eigenvalue weighted by Crippen LogP contribution is 2.24. The molecule has 52 heavy (non-hydrogen) atoms. The van der Waals surface area contributed by atoms with Crippen molar-refractivity contribution in [2.24, 2.45) is 11.8 Å². The first kappa shape index (κ1) is 42.1. The van der Waals surface area contributed by atoms with Crippen LogP contribution in [-0.2, 0) is 0 Å². The topological polar surface area (TPSA) is 94.9 Å². The van der Waals surface area contributed by atoms with E-state index in [0.717, 1.165) is 25.0 Å². The van der Waals surface area contributed by atoms with Crippen LogP contribution in [0.4, 0.5) is 0 Å². The molecule has 0 amide bonds. The van der Waals surface area contributed by atoms with E-state index in [1.165, 1.54) is 83.5 Å². The van der Waals surface area contributed by atoms with E-state index in [9.17, 15) is 14.9 Å². The van der Waals surface area contributed by atoms with Gasteiger partial charge in [-0.2, -0.15) is 5.26 Å². The third-order valence-electron chi connectivity index (χ3n) is 9.29. The maximum Gasteiger partial charge on any atom is 0.343 e. The fraction of sp³-hybridized carbons (Fsp3) is 0.533. The van der Waals surface area contributed by atoms with Crippen molar-refractivity contribution in [2.45, 2.75) is 130 Å². The van der Waals surface area contributed by atoms with Gasteiger partial charge in [0.2, 0.25) is 0 Å². The Morgan fingerprint density at radius 1 is 0.577 bits per heavy atom. The lowest BCUT2D eigenvalue weighted by atomic mass is 9.98. The molecule has 1 atom stereocenters. The summed E-state index contributed by atoms with van der Waals surface area (Å²) in [6.45, 7) is 10.1. The van der Waals surface area contributed by atoms with Crippen LogP contribution < -0.4 is 18.9 Å². The Kier molecular flexibility index (Phi) is 20.1. The van der Waals surface area contributed by atoms with E-state index in [2.05, 4.69) is 33.8 Å². The zero-order valence-electron chi connectivity index (χ0n) is 32.1. The van der Waals surface area contributed by atoms with Gasteiger partial charge in [-0.3, -0.25) is 0 Å². The van der Waals surface area contributed by atoms with Crippen LogP contribution >= 0.6 is 0 Å². The lowest BCUT2D eigenvalue weighted by molar-refractivity contribution is 0.0730. The van der Waals surface area contributed by atoms with Crippen molar-refractivity contribution in [3.05, 3.63) is 83.4 Å². The lowest BCUT2D eigenvalue weighted by Gasteiger charge is -2.14. The molecule has 0 radical (unpaired) electrons. The largest absolute Gasteiger partial charge is 0.494 e. The van der Waals surface area contributed by atoms with Crippen molar-refractivity contribution in [1.29, 1.82) is 5.26 Å². The smallest absolute Gasteiger partial charge is 0.343 e. The second kappa shape index (κ2) is 24.8. The van der Waals surface area contributed by atoms with Crippen LogP contribution in [0.5, 0.6) is 23.0 Å². The van der Waals surface area contributed by atoms with Crippen LogP contribution in [-0.4, -0.2) is 25.2 Å². The number of nitrogens with zero attached hydrogens (tertiary/aromatic N) is 1. The zero-order chi connectivity index (χ0) is 37.4. The van der Waals surface area contributed by atoms with Crippen LogP contribution in [0.15, 0.2) is 66.7 Å². The third kappa shape index (κ3) is 16.8. The van der Waals surface area contributed by atoms with E-state index in [-0.39, 0.29) is 11.3 Å². The molecule has 3 aromatic carbocycles. The van der Waals surface area contributed by atoms with Gasteiger partial charge in [-0.25, -0.2) is 9.59 Å². The molecule has 3 rings (SSSR count). The van der Waals surface area contributed by atoms with Gasteiger partial charge in [0, 0.05) is 0 Å². The van der Waals surface area contributed by atoms with Gasteiger partial charge in [0.05, 0.1) is 29.9 Å². The minimum absolute atomic E-state index is 0.268. The van der Waals surface area contributed by atoms with E-state index < -0.39 is 11.9 Å². The Morgan fingerprint density at radius 3 is 1.67 bits per heavy atom. The van der Waals surface area contributed by atoms with Crippen molar-refractivity contribution >= 4 is 11.9 Å². The second-order valence-corrected chi connectivity index (χ2v) is 14.4. The predicted molar refractivity (Wildman–Crippen MR) is 208 cm³/mol. The number of carbonyl (C=O) groups is 2. The maximum absolute atomic E-state index is 12.9. The summed E-state index contributed by atoms with van der Waals surface area (Å²) in [5.74, 6) is 1.90. The molecule has 7 heteroatoms. The number of carbonyl (C=O) groups excluding carboxylic acids is 2. The maximum atomic E-state index is 12.9. The summed E-state index contributed by atoms with van der Waals surface area (Å²) in [5, 5.41) is 9.54. The Morgan fingerprint density at radius 2 is 1.10 bits per heavy atom. The van der Waals surface area contributed by atoms with E-state index in [0.29, 0.717) is 47.7 Å². The minimum Gasteiger partial charge on any atom is -0.494 e. The summed E-state index contributed by atoms with van der Waals surface area (Å²) < 4.78 is 22.9. The molecule has 0 aromatic heterocycles. The van der Waals surface area contributed by atoms with Crippen molar-refractivity contribution in [1.82, 2.24) is 0 Å². The number of hydrogen-bond acceptors (Lipinski definition) is 7. The van der Waals surface area contributed by atoms with Gasteiger partial charge in [0.25, 0.3) is 0 Å². The van der Waals surface area contributed by atoms with Crippen LogP contribution in [0, 0.1) is 23.2 Å². The summed E-state index contributed by atoms with van der Waals surface area (Å²) in [6, 6.07) is 20.0. The second-order valence-electron chi connectivity index (χ2n) is 14.4. The van der Waals surface area contributed by atoms with Crippen molar-refractivity contribution < 1.29 is 28.5 Å². The molecule has 0 saturated carbocycles. The van der Waals surface area contributed by atoms with Crippen molar-refractivity contribution in [3.8, 4) is 29.1 Å². The Hall–Kier alpha value is -4.31. The Balaban J connectivity index is 1.36. The SMILES string of the molecule is CCCCCCCCCCCCCCOc1ccc(OC(=O)c2ccc(OC(=O)c3ccc(C#N)c(OCC[C@@H](C)CCCC(C)C)c3)cc2)cc1. The number of hydrogen-bond donors (Lipinski definition) is 0. The molecule has 0 heterocycles. The summed E-state index contributed by atoms with van der Waals surface area (Å²) in [6.07, 6.45) is 20.1. The van der Waals surface area contributed by atoms with Gasteiger partial charge < -0.3 is 18.9 Å². The van der Waals surface area contributed by atoms with Crippen molar-refractivity contribution in [2.75, 3.05) is 13.2 Å². The molecule has 0 unspecified atom stereocenters. The molecule has 3 aromatic rings. The fourth-order valence-corrected chi connectivity index (χ4v) is 5.98. The van der Waals surface area contributed by atoms with Crippen LogP contribution in [0.25, 0.3) is 0 Å². The average molecular weight is 712 g/mol. The first-order valence-electron chi connectivity index (χ1n) is 19.7. The molecule has 0 bridgehead atoms. The lowest BCUT2D eigenvalue weighted by Crippen LogP contribution is -2.11. The summed E-state index contributed by atoms with van der Waals surface area (Å²) in [7, 11) is 0. The molecular weight excluding hydrogens is 650 g/mol. The van der Waals surface area contributed by atoms with Crippen LogP contribution in [0.2, 0.25) is 0 Å². The summed E-state index contributed by atoms with van der Waals surface area (Å²) >= 11 is 0. The van der Waals surface area contributed by atoms with E-state index in [4.69, 9.17) is 18.9 Å². The van der Waals surface area contributed by atoms with Gasteiger partial charge in [-0.05, 0) is 91.4 Å². The molecule has 282 valence electrons. The van der Waals surface area contributed by atoms with Gasteiger partial charge in [-0.1, -0.05) is 118 Å². The zero-order valence-corrected chi connectivity index (χ0v) is 32.1. The predicted octanol–water partition coefficient (Wildman–Crippen LogP) is 12.3. The van der Waals surface area contributed by atoms with E-state index in [1.54, 1.807) is 66.7 Å². The molecule has 0 aliphatic rings. The van der Waals surface area contributed by atoms with E-state index >= 15 is 0 Å². The third-order valence-corrected chi connectivity index (χ3v) is 9.29. The fourth-order valence-electron chi connectivity index (χ4n) is 5.98. The number of unbranched alkanes of at least 4 members (excludes halogenated alkanes) is 11. The first-order chi connectivity index (χ1) is 25.3. The quantitative estimate of drug-likeness (QED) is 0.0464. The molecular formula is C45H61NO6. The highest BCUT2D eigenvalue weighted by Gasteiger charge is 2.15. The number of nitriles is 1. The Bertz CT molecular complexity index is 1490. The number of rotatable bonds is 26. The Labute approximate surface area is 313 Å². The van der Waals surface area contributed by atoms with Gasteiger partial charge in [0.1, 0.15) is 29.1 Å². The molecule has 0 spiro atoms. The number of esters is 2. The average Bonchev–Trinajstić information content (AvgIpc) is 3.14. The molecule has 0 fully saturated rings. The molecule has 0 aliphatic carbocycles. The summed E-state index contributed by atoms with van der Waals surface area (Å²) in [4.78, 5) is 25.7. The van der Waals surface area contributed by atoms with E-state index in [1.807, 2.05) is 0 Å². The molecule has 0 saturated heterocycles. The van der Waals surface area contributed by atoms with Gasteiger partial charge in [0.15, 0.2) is 0 Å². The molecule has 7 nitrogen and oxygen atoms in total. The highest BCUT2D eigenvalue weighted by molar-refractivity contribution is 5.93. The normalized spacial score (nSPS) is 11.5. The molecule has 0 N–H and O–H groups in total. The summed E-state index contributed by atoms with van der Waals surface area (Å²) in [5.41, 5.74) is 0.951. The standard InChI is InChI=1S/C45H61NO6/c1-5-6-7-8-9-10-11-12-13-14-15-16-31-49-40-26-28-42(29-27-40)51-44(47)37-22-24-41(25-23-37)52-45(48)38-20-21-39(34-46)43(33-38)50-32-30-36(4)19-17-18-35(2)3/h20-29,33,35-36H,5-19,30-32H2,1-4H3/t36-/m0/s1. The number of ether oxygens (including phenoxy) is 4. The van der Waals surface area contributed by atoms with Gasteiger partial charge >= 0.3 is 11.9 Å². The van der Waals surface area contributed by atoms with Gasteiger partial charge in [-0.15, -0.1) is 0 Å². The minimum atomic E-state index is -0.590. The number of benzene rings is 3. The van der Waals surface area contributed by atoms with Crippen LogP contribution in [0.1, 0.15) is 157 Å². The highest BCUT2D eigenvalue weighted by atomic mass is 16.5.